The van der Waals surface area contributed by atoms with Gasteiger partial charge in [0.25, 0.3) is 0 Å². The number of benzene rings is 1. The van der Waals surface area contributed by atoms with Crippen LogP contribution in [0.4, 0.5) is 0 Å². The lowest BCUT2D eigenvalue weighted by molar-refractivity contribution is 0.0823. The fourth-order valence-electron chi connectivity index (χ4n) is 1.67. The minimum atomic E-state index is -0.812. The van der Waals surface area contributed by atoms with Gasteiger partial charge in [-0.2, -0.15) is 0 Å². The van der Waals surface area contributed by atoms with Crippen molar-refractivity contribution in [1.82, 2.24) is 4.98 Å². The molecule has 1 aromatic heterocycles. The maximum absolute atomic E-state index is 9.88. The average molecular weight is 277 g/mol. The van der Waals surface area contributed by atoms with Gasteiger partial charge in [0.05, 0.1) is 22.1 Å². The first-order chi connectivity index (χ1) is 8.95. The van der Waals surface area contributed by atoms with E-state index in [9.17, 15) is 5.11 Å². The van der Waals surface area contributed by atoms with E-state index in [0.29, 0.717) is 6.61 Å². The summed E-state index contributed by atoms with van der Waals surface area (Å²) in [6.45, 7) is 6.19. The van der Waals surface area contributed by atoms with Crippen LogP contribution in [0.3, 0.4) is 0 Å². The molecule has 0 atom stereocenters. The number of thiazole rings is 1. The van der Waals surface area contributed by atoms with Crippen LogP contribution in [0.15, 0.2) is 30.5 Å². The van der Waals surface area contributed by atoms with Gasteiger partial charge >= 0.3 is 0 Å². The molecule has 0 radical (unpaired) electrons. The molecule has 0 amide bonds. The molecule has 1 aromatic carbocycles. The summed E-state index contributed by atoms with van der Waals surface area (Å²) < 4.78 is 5.69. The molecule has 0 aliphatic heterocycles. The molecular weight excluding hydrogens is 258 g/mol. The third-order valence-electron chi connectivity index (χ3n) is 2.73. The molecule has 2 aromatic rings. The third kappa shape index (κ3) is 4.04. The molecule has 0 unspecified atom stereocenters. The second kappa shape index (κ2) is 5.72. The zero-order valence-electron chi connectivity index (χ0n) is 11.5. The van der Waals surface area contributed by atoms with E-state index in [2.05, 4.69) is 4.98 Å². The number of aromatic nitrogens is 1. The fourth-order valence-corrected chi connectivity index (χ4v) is 2.57. The lowest BCUT2D eigenvalue weighted by Gasteiger charge is -2.13. The maximum Gasteiger partial charge on any atom is 0.119 e. The standard InChI is InChI=1S/C15H19NO2S/c1-11-5-4-6-12(9-11)18-8-7-14-16-10-13(19-14)15(2,3)17/h4-6,9-10,17H,7-8H2,1-3H3. The van der Waals surface area contributed by atoms with Gasteiger partial charge < -0.3 is 9.84 Å². The van der Waals surface area contributed by atoms with Gasteiger partial charge in [-0.15, -0.1) is 11.3 Å². The molecule has 19 heavy (non-hydrogen) atoms. The minimum Gasteiger partial charge on any atom is -0.493 e. The van der Waals surface area contributed by atoms with Crippen molar-refractivity contribution in [3.8, 4) is 5.75 Å². The third-order valence-corrected chi connectivity index (χ3v) is 4.10. The van der Waals surface area contributed by atoms with E-state index in [0.717, 1.165) is 22.1 Å². The lowest BCUT2D eigenvalue weighted by Crippen LogP contribution is -2.12. The van der Waals surface area contributed by atoms with Crippen LogP contribution in [0.25, 0.3) is 0 Å². The zero-order chi connectivity index (χ0) is 13.9. The largest absolute Gasteiger partial charge is 0.493 e. The quantitative estimate of drug-likeness (QED) is 0.911. The Labute approximate surface area is 117 Å². The van der Waals surface area contributed by atoms with Gasteiger partial charge in [-0.1, -0.05) is 12.1 Å². The first-order valence-corrected chi connectivity index (χ1v) is 7.14. The van der Waals surface area contributed by atoms with E-state index in [4.69, 9.17) is 4.74 Å². The second-order valence-corrected chi connectivity index (χ2v) is 6.21. The Hall–Kier alpha value is -1.39. The predicted octanol–water partition coefficient (Wildman–Crippen LogP) is 3.30. The molecule has 2 rings (SSSR count). The van der Waals surface area contributed by atoms with Crippen LogP contribution in [-0.2, 0) is 12.0 Å². The minimum absolute atomic E-state index is 0.599. The van der Waals surface area contributed by atoms with Gasteiger partial charge in [0, 0.05) is 12.6 Å². The van der Waals surface area contributed by atoms with Crippen molar-refractivity contribution in [3.63, 3.8) is 0 Å². The Kier molecular flexibility index (Phi) is 4.22. The van der Waals surface area contributed by atoms with Gasteiger partial charge in [0.15, 0.2) is 0 Å². The molecule has 0 aliphatic rings. The highest BCUT2D eigenvalue weighted by atomic mass is 32.1. The van der Waals surface area contributed by atoms with Crippen molar-refractivity contribution < 1.29 is 9.84 Å². The predicted molar refractivity (Wildman–Crippen MR) is 77.7 cm³/mol. The molecule has 3 nitrogen and oxygen atoms in total. The Morgan fingerprint density at radius 3 is 2.79 bits per heavy atom. The Morgan fingerprint density at radius 2 is 2.16 bits per heavy atom. The first-order valence-electron chi connectivity index (χ1n) is 6.32. The van der Waals surface area contributed by atoms with E-state index in [1.165, 1.54) is 16.9 Å². The average Bonchev–Trinajstić information content (AvgIpc) is 2.77. The van der Waals surface area contributed by atoms with Crippen molar-refractivity contribution in [1.29, 1.82) is 0 Å². The van der Waals surface area contributed by atoms with Gasteiger partial charge in [-0.05, 0) is 38.5 Å². The van der Waals surface area contributed by atoms with E-state index < -0.39 is 5.60 Å². The van der Waals surface area contributed by atoms with E-state index in [-0.39, 0.29) is 0 Å². The highest BCUT2D eigenvalue weighted by Gasteiger charge is 2.19. The molecule has 4 heteroatoms. The highest BCUT2D eigenvalue weighted by Crippen LogP contribution is 2.26. The van der Waals surface area contributed by atoms with Gasteiger partial charge in [-0.25, -0.2) is 4.98 Å². The van der Waals surface area contributed by atoms with E-state index in [1.54, 1.807) is 20.0 Å². The van der Waals surface area contributed by atoms with Gasteiger partial charge in [0.1, 0.15) is 5.75 Å². The summed E-state index contributed by atoms with van der Waals surface area (Å²) in [7, 11) is 0. The van der Waals surface area contributed by atoms with Gasteiger partial charge in [-0.3, -0.25) is 0 Å². The van der Waals surface area contributed by atoms with Crippen LogP contribution in [0.5, 0.6) is 5.75 Å². The smallest absolute Gasteiger partial charge is 0.119 e. The Bertz CT molecular complexity index is 543. The lowest BCUT2D eigenvalue weighted by atomic mass is 10.1. The summed E-state index contributed by atoms with van der Waals surface area (Å²) in [5.41, 5.74) is 0.379. The zero-order valence-corrected chi connectivity index (χ0v) is 12.3. The summed E-state index contributed by atoms with van der Waals surface area (Å²) in [4.78, 5) is 5.20. The summed E-state index contributed by atoms with van der Waals surface area (Å²) in [5, 5.41) is 10.9. The van der Waals surface area contributed by atoms with Crippen molar-refractivity contribution in [2.75, 3.05) is 6.61 Å². The molecule has 0 fully saturated rings. The number of hydrogen-bond donors (Lipinski definition) is 1. The van der Waals surface area contributed by atoms with Crippen molar-refractivity contribution in [2.45, 2.75) is 32.8 Å². The summed E-state index contributed by atoms with van der Waals surface area (Å²) in [5.74, 6) is 0.888. The van der Waals surface area contributed by atoms with E-state index >= 15 is 0 Å². The molecule has 0 spiro atoms. The van der Waals surface area contributed by atoms with Crippen molar-refractivity contribution in [3.05, 3.63) is 45.9 Å². The number of aryl methyl sites for hydroxylation is 1. The number of ether oxygens (including phenoxy) is 1. The summed E-state index contributed by atoms with van der Waals surface area (Å²) in [6.07, 6.45) is 2.50. The topological polar surface area (TPSA) is 42.4 Å². The van der Waals surface area contributed by atoms with Crippen LogP contribution in [0, 0.1) is 6.92 Å². The SMILES string of the molecule is Cc1cccc(OCCc2ncc(C(C)(C)O)s2)c1. The van der Waals surface area contributed by atoms with Crippen LogP contribution in [0.2, 0.25) is 0 Å². The summed E-state index contributed by atoms with van der Waals surface area (Å²) in [6, 6.07) is 8.00. The molecule has 102 valence electrons. The summed E-state index contributed by atoms with van der Waals surface area (Å²) >= 11 is 1.54. The molecule has 0 saturated heterocycles. The van der Waals surface area contributed by atoms with Gasteiger partial charge in [0.2, 0.25) is 0 Å². The van der Waals surface area contributed by atoms with Crippen LogP contribution >= 0.6 is 11.3 Å². The normalized spacial score (nSPS) is 11.6. The van der Waals surface area contributed by atoms with Crippen molar-refractivity contribution in [2.24, 2.45) is 0 Å². The van der Waals surface area contributed by atoms with E-state index in [1.807, 2.05) is 31.2 Å². The molecule has 0 aliphatic carbocycles. The maximum atomic E-state index is 9.88. The molecule has 1 heterocycles. The number of nitrogens with zero attached hydrogens (tertiary/aromatic N) is 1. The molecule has 1 N–H and O–H groups in total. The fraction of sp³-hybridized carbons (Fsp3) is 0.400. The Balaban J connectivity index is 1.88. The second-order valence-electron chi connectivity index (χ2n) is 5.09. The molecule has 0 saturated carbocycles. The number of rotatable bonds is 5. The number of aliphatic hydroxyl groups is 1. The van der Waals surface area contributed by atoms with Crippen LogP contribution in [0.1, 0.15) is 29.3 Å². The molecular formula is C15H19NO2S. The Morgan fingerprint density at radius 1 is 1.37 bits per heavy atom. The number of hydrogen-bond acceptors (Lipinski definition) is 4. The monoisotopic (exact) mass is 277 g/mol. The highest BCUT2D eigenvalue weighted by molar-refractivity contribution is 7.11. The van der Waals surface area contributed by atoms with Crippen LogP contribution in [-0.4, -0.2) is 16.7 Å². The molecule has 0 bridgehead atoms. The van der Waals surface area contributed by atoms with Crippen LogP contribution < -0.4 is 4.74 Å². The first kappa shape index (κ1) is 14.0. The van der Waals surface area contributed by atoms with Crippen molar-refractivity contribution >= 4 is 11.3 Å².